The summed E-state index contributed by atoms with van der Waals surface area (Å²) >= 11 is 0. The first-order valence-corrected chi connectivity index (χ1v) is 8.51. The van der Waals surface area contributed by atoms with E-state index >= 15 is 0 Å². The Balaban J connectivity index is 1.66. The Kier molecular flexibility index (Phi) is 6.64. The monoisotopic (exact) mass is 280 g/mol. The molecule has 116 valence electrons. The van der Waals surface area contributed by atoms with Gasteiger partial charge in [0.2, 0.25) is 0 Å². The van der Waals surface area contributed by atoms with Gasteiger partial charge in [-0.3, -0.25) is 4.99 Å². The van der Waals surface area contributed by atoms with Crippen LogP contribution in [0.1, 0.15) is 51.9 Å². The molecule has 1 unspecified atom stereocenters. The molecule has 2 fully saturated rings. The highest BCUT2D eigenvalue weighted by Gasteiger charge is 2.22. The lowest BCUT2D eigenvalue weighted by Crippen LogP contribution is -2.45. The van der Waals surface area contributed by atoms with E-state index in [0.29, 0.717) is 6.04 Å². The fourth-order valence-electron chi connectivity index (χ4n) is 3.47. The lowest BCUT2D eigenvalue weighted by Gasteiger charge is -2.25. The molecule has 2 aliphatic rings. The van der Waals surface area contributed by atoms with Crippen molar-refractivity contribution < 1.29 is 0 Å². The minimum atomic E-state index is 0.634. The molecule has 4 nitrogen and oxygen atoms in total. The average Bonchev–Trinajstić information content (AvgIpc) is 2.92. The Morgan fingerprint density at radius 1 is 1.20 bits per heavy atom. The van der Waals surface area contributed by atoms with Crippen LogP contribution in [-0.2, 0) is 0 Å². The number of nitrogens with one attached hydrogen (secondary N) is 2. The molecule has 4 heteroatoms. The molecule has 0 aromatic heterocycles. The molecule has 2 rings (SSSR count). The number of nitrogens with zero attached hydrogens (tertiary/aromatic N) is 2. The first-order valence-electron chi connectivity index (χ1n) is 8.51. The second-order valence-electron chi connectivity index (χ2n) is 6.39. The van der Waals surface area contributed by atoms with Crippen LogP contribution >= 0.6 is 0 Å². The van der Waals surface area contributed by atoms with E-state index < -0.39 is 0 Å². The number of hydrogen-bond acceptors (Lipinski definition) is 2. The van der Waals surface area contributed by atoms with Gasteiger partial charge in [-0.25, -0.2) is 0 Å². The summed E-state index contributed by atoms with van der Waals surface area (Å²) in [4.78, 5) is 6.97. The van der Waals surface area contributed by atoms with Crippen LogP contribution in [0.3, 0.4) is 0 Å². The van der Waals surface area contributed by atoms with Crippen LogP contribution in [0.4, 0.5) is 0 Å². The Morgan fingerprint density at radius 2 is 2.00 bits per heavy atom. The standard InChI is InChI=1S/C16H32N4/c1-3-10-20-11-9-14(13-20)12-18-16(17-2)19-15-7-5-4-6-8-15/h14-15H,3-13H2,1-2H3,(H2,17,18,19). The molecule has 2 N–H and O–H groups in total. The smallest absolute Gasteiger partial charge is 0.191 e. The molecule has 0 spiro atoms. The van der Waals surface area contributed by atoms with Gasteiger partial charge >= 0.3 is 0 Å². The highest BCUT2D eigenvalue weighted by Crippen LogP contribution is 2.17. The Hall–Kier alpha value is -0.770. The number of guanidine groups is 1. The van der Waals surface area contributed by atoms with Crippen molar-refractivity contribution in [3.05, 3.63) is 0 Å². The number of likely N-dealkylation sites (tertiary alicyclic amines) is 1. The third-order valence-corrected chi connectivity index (χ3v) is 4.64. The van der Waals surface area contributed by atoms with Crippen molar-refractivity contribution in [1.29, 1.82) is 0 Å². The van der Waals surface area contributed by atoms with E-state index in [0.717, 1.165) is 18.4 Å². The van der Waals surface area contributed by atoms with Gasteiger partial charge in [0.1, 0.15) is 0 Å². The quantitative estimate of drug-likeness (QED) is 0.599. The Morgan fingerprint density at radius 3 is 2.70 bits per heavy atom. The van der Waals surface area contributed by atoms with Crippen LogP contribution in [0.15, 0.2) is 4.99 Å². The molecule has 0 radical (unpaired) electrons. The summed E-state index contributed by atoms with van der Waals surface area (Å²) in [6.45, 7) is 7.11. The van der Waals surface area contributed by atoms with Gasteiger partial charge in [0.05, 0.1) is 0 Å². The molecule has 1 aliphatic heterocycles. The van der Waals surface area contributed by atoms with Crippen molar-refractivity contribution in [3.8, 4) is 0 Å². The summed E-state index contributed by atoms with van der Waals surface area (Å²) < 4.78 is 0. The van der Waals surface area contributed by atoms with E-state index in [-0.39, 0.29) is 0 Å². The molecular formula is C16H32N4. The fourth-order valence-corrected chi connectivity index (χ4v) is 3.47. The molecule has 20 heavy (non-hydrogen) atoms. The van der Waals surface area contributed by atoms with Gasteiger partial charge in [-0.1, -0.05) is 26.2 Å². The molecule has 1 heterocycles. The summed E-state index contributed by atoms with van der Waals surface area (Å²) in [6.07, 6.45) is 9.33. The van der Waals surface area contributed by atoms with Crippen molar-refractivity contribution >= 4 is 5.96 Å². The van der Waals surface area contributed by atoms with Crippen molar-refractivity contribution in [2.24, 2.45) is 10.9 Å². The van der Waals surface area contributed by atoms with E-state index in [1.807, 2.05) is 7.05 Å². The molecule has 0 bridgehead atoms. The molecule has 1 aliphatic carbocycles. The van der Waals surface area contributed by atoms with E-state index in [2.05, 4.69) is 27.4 Å². The first-order chi connectivity index (χ1) is 9.81. The second kappa shape index (κ2) is 8.50. The maximum absolute atomic E-state index is 4.38. The molecular weight excluding hydrogens is 248 g/mol. The van der Waals surface area contributed by atoms with Crippen molar-refractivity contribution in [1.82, 2.24) is 15.5 Å². The summed E-state index contributed by atoms with van der Waals surface area (Å²) in [6, 6.07) is 0.634. The maximum atomic E-state index is 4.38. The van der Waals surface area contributed by atoms with Gasteiger partial charge in [0.25, 0.3) is 0 Å². The average molecular weight is 280 g/mol. The highest BCUT2D eigenvalue weighted by molar-refractivity contribution is 5.79. The van der Waals surface area contributed by atoms with Crippen molar-refractivity contribution in [2.45, 2.75) is 57.9 Å². The van der Waals surface area contributed by atoms with E-state index in [4.69, 9.17) is 0 Å². The van der Waals surface area contributed by atoms with Gasteiger partial charge < -0.3 is 15.5 Å². The molecule has 1 saturated heterocycles. The van der Waals surface area contributed by atoms with Crippen LogP contribution in [0.5, 0.6) is 0 Å². The molecule has 0 amide bonds. The molecule has 0 aromatic carbocycles. The molecule has 1 saturated carbocycles. The van der Waals surface area contributed by atoms with Crippen LogP contribution < -0.4 is 10.6 Å². The van der Waals surface area contributed by atoms with E-state index in [1.54, 1.807) is 0 Å². The minimum absolute atomic E-state index is 0.634. The second-order valence-corrected chi connectivity index (χ2v) is 6.39. The third-order valence-electron chi connectivity index (χ3n) is 4.64. The minimum Gasteiger partial charge on any atom is -0.356 e. The number of rotatable bonds is 5. The van der Waals surface area contributed by atoms with E-state index in [9.17, 15) is 0 Å². The Labute approximate surface area is 124 Å². The number of hydrogen-bond donors (Lipinski definition) is 2. The van der Waals surface area contributed by atoms with Gasteiger partial charge in [0, 0.05) is 26.2 Å². The summed E-state index contributed by atoms with van der Waals surface area (Å²) in [5.41, 5.74) is 0. The predicted octanol–water partition coefficient (Wildman–Crippen LogP) is 2.22. The zero-order valence-corrected chi connectivity index (χ0v) is 13.3. The molecule has 0 aromatic rings. The zero-order valence-electron chi connectivity index (χ0n) is 13.3. The normalized spacial score (nSPS) is 25.9. The van der Waals surface area contributed by atoms with Crippen LogP contribution in [0.2, 0.25) is 0 Å². The van der Waals surface area contributed by atoms with Gasteiger partial charge in [0.15, 0.2) is 5.96 Å². The molecule has 1 atom stereocenters. The van der Waals surface area contributed by atoms with E-state index in [1.165, 1.54) is 64.6 Å². The number of aliphatic imine (C=N–C) groups is 1. The lowest BCUT2D eigenvalue weighted by atomic mass is 9.96. The first kappa shape index (κ1) is 15.6. The highest BCUT2D eigenvalue weighted by atomic mass is 15.2. The van der Waals surface area contributed by atoms with Gasteiger partial charge in [-0.2, -0.15) is 0 Å². The predicted molar refractivity (Wildman–Crippen MR) is 86.2 cm³/mol. The van der Waals surface area contributed by atoms with Crippen LogP contribution in [0, 0.1) is 5.92 Å². The largest absolute Gasteiger partial charge is 0.356 e. The van der Waals surface area contributed by atoms with Crippen molar-refractivity contribution in [3.63, 3.8) is 0 Å². The van der Waals surface area contributed by atoms with Crippen molar-refractivity contribution in [2.75, 3.05) is 33.2 Å². The van der Waals surface area contributed by atoms with Crippen LogP contribution in [-0.4, -0.2) is 50.1 Å². The summed E-state index contributed by atoms with van der Waals surface area (Å²) in [5, 5.41) is 7.12. The summed E-state index contributed by atoms with van der Waals surface area (Å²) in [5.74, 6) is 1.79. The fraction of sp³-hybridized carbons (Fsp3) is 0.938. The van der Waals surface area contributed by atoms with Gasteiger partial charge in [-0.05, 0) is 44.7 Å². The third kappa shape index (κ3) is 4.97. The van der Waals surface area contributed by atoms with Crippen LogP contribution in [0.25, 0.3) is 0 Å². The lowest BCUT2D eigenvalue weighted by molar-refractivity contribution is 0.324. The SMILES string of the molecule is CCCN1CCC(CNC(=NC)NC2CCCCC2)C1. The topological polar surface area (TPSA) is 39.7 Å². The van der Waals surface area contributed by atoms with Gasteiger partial charge in [-0.15, -0.1) is 0 Å². The summed E-state index contributed by atoms with van der Waals surface area (Å²) in [7, 11) is 1.89. The maximum Gasteiger partial charge on any atom is 0.191 e. The zero-order chi connectivity index (χ0) is 14.2. The Bertz CT molecular complexity index is 297.